The Bertz CT molecular complexity index is 163. The Kier molecular flexibility index (Phi) is 4.46. The molecular weight excluding hydrogens is 162 g/mol. The first-order valence-electron chi connectivity index (χ1n) is 5.27. The highest BCUT2D eigenvalue weighted by Crippen LogP contribution is 2.18. The van der Waals surface area contributed by atoms with Gasteiger partial charge in [0.05, 0.1) is 6.10 Å². The Morgan fingerprint density at radius 1 is 1.23 bits per heavy atom. The standard InChI is InChI=1S/C11H21NO/c1-4-12(5-2)10-6-8-11(13-3)9-7-10/h6,8,10-11H,4-5,7,9H2,1-3H3/t10-,11+/m1/s1. The van der Waals surface area contributed by atoms with Crippen LogP contribution in [0.4, 0.5) is 0 Å². The predicted molar refractivity (Wildman–Crippen MR) is 55.9 cm³/mol. The van der Waals surface area contributed by atoms with Crippen LogP contribution < -0.4 is 0 Å². The van der Waals surface area contributed by atoms with E-state index in [-0.39, 0.29) is 0 Å². The Morgan fingerprint density at radius 2 is 1.92 bits per heavy atom. The summed E-state index contributed by atoms with van der Waals surface area (Å²) in [5, 5.41) is 0. The highest BCUT2D eigenvalue weighted by atomic mass is 16.5. The van der Waals surface area contributed by atoms with Crippen LogP contribution in [0.5, 0.6) is 0 Å². The third-order valence-electron chi connectivity index (χ3n) is 2.88. The number of ether oxygens (including phenoxy) is 1. The molecule has 0 bridgehead atoms. The average molecular weight is 183 g/mol. The van der Waals surface area contributed by atoms with E-state index < -0.39 is 0 Å². The minimum atomic E-state index is 0.354. The minimum Gasteiger partial charge on any atom is -0.377 e. The van der Waals surface area contributed by atoms with E-state index in [9.17, 15) is 0 Å². The molecule has 0 aliphatic heterocycles. The summed E-state index contributed by atoms with van der Waals surface area (Å²) in [7, 11) is 1.78. The molecule has 2 atom stereocenters. The maximum Gasteiger partial charge on any atom is 0.0753 e. The van der Waals surface area contributed by atoms with Crippen molar-refractivity contribution in [1.29, 1.82) is 0 Å². The van der Waals surface area contributed by atoms with Gasteiger partial charge in [-0.3, -0.25) is 4.90 Å². The van der Waals surface area contributed by atoms with Crippen molar-refractivity contribution in [2.45, 2.75) is 38.8 Å². The van der Waals surface area contributed by atoms with Crippen LogP contribution in [-0.2, 0) is 4.74 Å². The molecule has 2 heteroatoms. The average Bonchev–Trinajstić information content (AvgIpc) is 2.21. The number of hydrogen-bond acceptors (Lipinski definition) is 2. The number of likely N-dealkylation sites (N-methyl/N-ethyl adjacent to an activating group) is 1. The van der Waals surface area contributed by atoms with Gasteiger partial charge >= 0.3 is 0 Å². The van der Waals surface area contributed by atoms with Crippen molar-refractivity contribution in [3.63, 3.8) is 0 Å². The summed E-state index contributed by atoms with van der Waals surface area (Å²) < 4.78 is 5.28. The van der Waals surface area contributed by atoms with Gasteiger partial charge in [-0.25, -0.2) is 0 Å². The van der Waals surface area contributed by atoms with E-state index in [4.69, 9.17) is 4.74 Å². The van der Waals surface area contributed by atoms with Crippen molar-refractivity contribution in [1.82, 2.24) is 4.90 Å². The summed E-state index contributed by atoms with van der Waals surface area (Å²) in [6, 6.07) is 0.640. The van der Waals surface area contributed by atoms with E-state index in [2.05, 4.69) is 30.9 Å². The summed E-state index contributed by atoms with van der Waals surface area (Å²) in [5.41, 5.74) is 0. The summed E-state index contributed by atoms with van der Waals surface area (Å²) >= 11 is 0. The molecule has 0 saturated carbocycles. The molecule has 1 aliphatic rings. The number of nitrogens with zero attached hydrogens (tertiary/aromatic N) is 1. The van der Waals surface area contributed by atoms with E-state index >= 15 is 0 Å². The molecule has 0 spiro atoms. The second kappa shape index (κ2) is 5.40. The Labute approximate surface area is 81.6 Å². The lowest BCUT2D eigenvalue weighted by molar-refractivity contribution is 0.112. The third kappa shape index (κ3) is 2.82. The zero-order valence-electron chi connectivity index (χ0n) is 8.99. The van der Waals surface area contributed by atoms with Crippen molar-refractivity contribution in [3.05, 3.63) is 12.2 Å². The third-order valence-corrected chi connectivity index (χ3v) is 2.88. The molecule has 0 aromatic heterocycles. The van der Waals surface area contributed by atoms with E-state index in [0.29, 0.717) is 12.1 Å². The highest BCUT2D eigenvalue weighted by Gasteiger charge is 2.18. The molecule has 1 aliphatic carbocycles. The maximum absolute atomic E-state index is 5.28. The van der Waals surface area contributed by atoms with Crippen molar-refractivity contribution >= 4 is 0 Å². The molecular formula is C11H21NO. The smallest absolute Gasteiger partial charge is 0.0753 e. The fraction of sp³-hybridized carbons (Fsp3) is 0.818. The molecule has 76 valence electrons. The fourth-order valence-electron chi connectivity index (χ4n) is 1.97. The quantitative estimate of drug-likeness (QED) is 0.619. The van der Waals surface area contributed by atoms with Gasteiger partial charge in [0.2, 0.25) is 0 Å². The Morgan fingerprint density at radius 3 is 2.31 bits per heavy atom. The van der Waals surface area contributed by atoms with Crippen LogP contribution >= 0.6 is 0 Å². The monoisotopic (exact) mass is 183 g/mol. The molecule has 0 unspecified atom stereocenters. The second-order valence-electron chi connectivity index (χ2n) is 3.52. The summed E-state index contributed by atoms with van der Waals surface area (Å²) in [6.45, 7) is 6.73. The van der Waals surface area contributed by atoms with Gasteiger partial charge in [-0.2, -0.15) is 0 Å². The molecule has 0 aromatic rings. The van der Waals surface area contributed by atoms with Crippen LogP contribution in [-0.4, -0.2) is 37.2 Å². The molecule has 0 fully saturated rings. The number of rotatable bonds is 4. The Balaban J connectivity index is 2.46. The van der Waals surface area contributed by atoms with Gasteiger partial charge in [-0.1, -0.05) is 26.0 Å². The van der Waals surface area contributed by atoms with Gasteiger partial charge in [0.25, 0.3) is 0 Å². The van der Waals surface area contributed by atoms with Crippen LogP contribution in [0.3, 0.4) is 0 Å². The minimum absolute atomic E-state index is 0.354. The lowest BCUT2D eigenvalue weighted by atomic mass is 9.99. The zero-order chi connectivity index (χ0) is 9.68. The lowest BCUT2D eigenvalue weighted by Crippen LogP contribution is -2.36. The van der Waals surface area contributed by atoms with Crippen molar-refractivity contribution in [2.24, 2.45) is 0 Å². The predicted octanol–water partition coefficient (Wildman–Crippen LogP) is 2.06. The van der Waals surface area contributed by atoms with Crippen LogP contribution in [0.1, 0.15) is 26.7 Å². The highest BCUT2D eigenvalue weighted by molar-refractivity contribution is 5.03. The summed E-state index contributed by atoms with van der Waals surface area (Å²) in [6.07, 6.45) is 7.24. The van der Waals surface area contributed by atoms with E-state index in [1.807, 2.05) is 0 Å². The molecule has 2 nitrogen and oxygen atoms in total. The van der Waals surface area contributed by atoms with Crippen molar-refractivity contribution < 1.29 is 4.74 Å². The van der Waals surface area contributed by atoms with Gasteiger partial charge in [-0.05, 0) is 25.9 Å². The normalized spacial score (nSPS) is 28.3. The zero-order valence-corrected chi connectivity index (χ0v) is 8.99. The lowest BCUT2D eigenvalue weighted by Gasteiger charge is -2.31. The molecule has 0 amide bonds. The number of hydrogen-bond donors (Lipinski definition) is 0. The van der Waals surface area contributed by atoms with Crippen molar-refractivity contribution in [3.8, 4) is 0 Å². The van der Waals surface area contributed by atoms with Gasteiger partial charge in [0.1, 0.15) is 0 Å². The first-order valence-corrected chi connectivity index (χ1v) is 5.27. The maximum atomic E-state index is 5.28. The first kappa shape index (κ1) is 10.7. The fourth-order valence-corrected chi connectivity index (χ4v) is 1.97. The van der Waals surface area contributed by atoms with Crippen LogP contribution in [0.25, 0.3) is 0 Å². The van der Waals surface area contributed by atoms with E-state index in [1.54, 1.807) is 7.11 Å². The molecule has 13 heavy (non-hydrogen) atoms. The van der Waals surface area contributed by atoms with Gasteiger partial charge in [0.15, 0.2) is 0 Å². The van der Waals surface area contributed by atoms with Gasteiger partial charge in [0, 0.05) is 13.2 Å². The topological polar surface area (TPSA) is 12.5 Å². The molecule has 0 N–H and O–H groups in total. The second-order valence-corrected chi connectivity index (χ2v) is 3.52. The summed E-state index contributed by atoms with van der Waals surface area (Å²) in [5.74, 6) is 0. The number of methoxy groups -OCH3 is 1. The SMILES string of the molecule is CCN(CC)[C@@H]1C=C[C@H](OC)CC1. The largest absolute Gasteiger partial charge is 0.377 e. The van der Waals surface area contributed by atoms with Crippen molar-refractivity contribution in [2.75, 3.05) is 20.2 Å². The van der Waals surface area contributed by atoms with Gasteiger partial charge < -0.3 is 4.74 Å². The molecule has 0 saturated heterocycles. The molecule has 0 aromatic carbocycles. The molecule has 1 rings (SSSR count). The van der Waals surface area contributed by atoms with Gasteiger partial charge in [-0.15, -0.1) is 0 Å². The molecule has 0 radical (unpaired) electrons. The van der Waals surface area contributed by atoms with Crippen LogP contribution in [0.15, 0.2) is 12.2 Å². The Hall–Kier alpha value is -0.340. The van der Waals surface area contributed by atoms with E-state index in [0.717, 1.165) is 19.5 Å². The first-order chi connectivity index (χ1) is 6.31. The van der Waals surface area contributed by atoms with E-state index in [1.165, 1.54) is 6.42 Å². The molecule has 0 heterocycles. The summed E-state index contributed by atoms with van der Waals surface area (Å²) in [4.78, 5) is 2.49. The van der Waals surface area contributed by atoms with Crippen LogP contribution in [0.2, 0.25) is 0 Å². The van der Waals surface area contributed by atoms with Crippen LogP contribution in [0, 0.1) is 0 Å².